The number of aryl methyl sites for hydroxylation is 1. The van der Waals surface area contributed by atoms with Gasteiger partial charge in [0.05, 0.1) is 11.2 Å². The lowest BCUT2D eigenvalue weighted by atomic mass is 9.72. The summed E-state index contributed by atoms with van der Waals surface area (Å²) in [6.07, 6.45) is 1.73. The van der Waals surface area contributed by atoms with Crippen LogP contribution in [0.3, 0.4) is 0 Å². The average molecular weight is 373 g/mol. The van der Waals surface area contributed by atoms with Crippen molar-refractivity contribution >= 4 is 17.5 Å². The number of nitrogens with zero attached hydrogens (tertiary/aromatic N) is 3. The maximum Gasteiger partial charge on any atom is 0.291 e. The third-order valence-electron chi connectivity index (χ3n) is 5.54. The second kappa shape index (κ2) is 6.45. The number of methoxy groups -OCH3 is 1. The number of rotatable bonds is 3. The molecule has 0 N–H and O–H groups in total. The molecule has 2 saturated heterocycles. The third kappa shape index (κ3) is 2.63. The fourth-order valence-electron chi connectivity index (χ4n) is 4.17. The van der Waals surface area contributed by atoms with Crippen molar-refractivity contribution in [2.24, 2.45) is 0 Å². The van der Waals surface area contributed by atoms with Crippen molar-refractivity contribution in [2.75, 3.05) is 25.1 Å². The number of amides is 2. The molecule has 2 aliphatic rings. The minimum atomic E-state index is -0.593. The van der Waals surface area contributed by atoms with E-state index in [2.05, 4.69) is 4.98 Å². The molecule has 1 atom stereocenters. The number of aromatic nitrogens is 1. The SMILES string of the molecule is COC1C(=O)N(c2cccc(F)c2)C12CCN(C(=O)c1ocnc1C)CC2. The number of hydrogen-bond acceptors (Lipinski definition) is 5. The second-order valence-corrected chi connectivity index (χ2v) is 6.93. The molecule has 7 nitrogen and oxygen atoms in total. The van der Waals surface area contributed by atoms with Crippen LogP contribution in [0.4, 0.5) is 10.1 Å². The quantitative estimate of drug-likeness (QED) is 0.771. The lowest BCUT2D eigenvalue weighted by Crippen LogP contribution is -2.78. The van der Waals surface area contributed by atoms with E-state index < -0.39 is 17.5 Å². The second-order valence-electron chi connectivity index (χ2n) is 6.93. The van der Waals surface area contributed by atoms with Gasteiger partial charge in [0.15, 0.2) is 12.5 Å². The van der Waals surface area contributed by atoms with Gasteiger partial charge in [0, 0.05) is 25.9 Å². The van der Waals surface area contributed by atoms with Crippen molar-refractivity contribution in [2.45, 2.75) is 31.4 Å². The summed E-state index contributed by atoms with van der Waals surface area (Å²) in [5, 5.41) is 0. The lowest BCUT2D eigenvalue weighted by Gasteiger charge is -2.59. The molecular formula is C19H20FN3O4. The Labute approximate surface area is 155 Å². The normalized spacial score (nSPS) is 21.4. The molecular weight excluding hydrogens is 353 g/mol. The number of piperidine rings is 1. The highest BCUT2D eigenvalue weighted by Gasteiger charge is 2.62. The Morgan fingerprint density at radius 2 is 2.11 bits per heavy atom. The number of hydrogen-bond donors (Lipinski definition) is 0. The number of halogens is 1. The van der Waals surface area contributed by atoms with Crippen molar-refractivity contribution in [1.29, 1.82) is 0 Å². The molecule has 2 aromatic rings. The van der Waals surface area contributed by atoms with Crippen molar-refractivity contribution in [3.05, 3.63) is 47.9 Å². The van der Waals surface area contributed by atoms with E-state index in [9.17, 15) is 14.0 Å². The standard InChI is InChI=1S/C19H20FN3O4/c1-12-15(27-11-21-12)17(24)22-8-6-19(7-9-22)16(26-2)18(25)23(19)14-5-3-4-13(20)10-14/h3-5,10-11,16H,6-9H2,1-2H3. The third-order valence-corrected chi connectivity index (χ3v) is 5.54. The van der Waals surface area contributed by atoms with Gasteiger partial charge in [-0.2, -0.15) is 0 Å². The van der Waals surface area contributed by atoms with Gasteiger partial charge in [-0.3, -0.25) is 9.59 Å². The van der Waals surface area contributed by atoms with E-state index in [1.165, 1.54) is 25.6 Å². The van der Waals surface area contributed by atoms with Crippen LogP contribution in [0.5, 0.6) is 0 Å². The van der Waals surface area contributed by atoms with E-state index in [1.807, 2.05) is 0 Å². The predicted molar refractivity (Wildman–Crippen MR) is 93.8 cm³/mol. The Balaban J connectivity index is 1.56. The first-order chi connectivity index (χ1) is 13.0. The number of carbonyl (C=O) groups is 2. The number of carbonyl (C=O) groups excluding carboxylic acids is 2. The first-order valence-corrected chi connectivity index (χ1v) is 8.80. The molecule has 142 valence electrons. The summed E-state index contributed by atoms with van der Waals surface area (Å²) in [6, 6.07) is 5.98. The summed E-state index contributed by atoms with van der Waals surface area (Å²) < 4.78 is 24.3. The summed E-state index contributed by atoms with van der Waals surface area (Å²) in [5.41, 5.74) is 0.488. The van der Waals surface area contributed by atoms with Gasteiger partial charge < -0.3 is 19.0 Å². The van der Waals surface area contributed by atoms with Crippen LogP contribution in [0.2, 0.25) is 0 Å². The molecule has 2 aliphatic heterocycles. The topological polar surface area (TPSA) is 75.9 Å². The van der Waals surface area contributed by atoms with E-state index >= 15 is 0 Å². The zero-order valence-corrected chi connectivity index (χ0v) is 15.1. The Kier molecular flexibility index (Phi) is 4.22. The smallest absolute Gasteiger partial charge is 0.291 e. The molecule has 1 spiro atoms. The zero-order valence-electron chi connectivity index (χ0n) is 15.1. The molecule has 0 aliphatic carbocycles. The van der Waals surface area contributed by atoms with E-state index in [4.69, 9.17) is 9.15 Å². The number of oxazole rings is 1. The Morgan fingerprint density at radius 3 is 2.70 bits per heavy atom. The van der Waals surface area contributed by atoms with Crippen LogP contribution in [0.25, 0.3) is 0 Å². The van der Waals surface area contributed by atoms with Gasteiger partial charge in [-0.15, -0.1) is 0 Å². The van der Waals surface area contributed by atoms with Gasteiger partial charge in [-0.05, 0) is 38.0 Å². The molecule has 2 fully saturated rings. The first-order valence-electron chi connectivity index (χ1n) is 8.80. The van der Waals surface area contributed by atoms with Crippen molar-refractivity contribution in [3.8, 4) is 0 Å². The molecule has 8 heteroatoms. The molecule has 3 heterocycles. The Morgan fingerprint density at radius 1 is 1.37 bits per heavy atom. The van der Waals surface area contributed by atoms with E-state index in [0.717, 1.165) is 0 Å². The van der Waals surface area contributed by atoms with Crippen LogP contribution in [-0.4, -0.2) is 53.5 Å². The van der Waals surface area contributed by atoms with E-state index in [-0.39, 0.29) is 17.6 Å². The first kappa shape index (κ1) is 17.7. The van der Waals surface area contributed by atoms with E-state index in [0.29, 0.717) is 37.3 Å². The minimum absolute atomic E-state index is 0.186. The Hall–Kier alpha value is -2.74. The molecule has 27 heavy (non-hydrogen) atoms. The lowest BCUT2D eigenvalue weighted by molar-refractivity contribution is -0.150. The highest BCUT2D eigenvalue weighted by Crippen LogP contribution is 2.45. The molecule has 1 aromatic heterocycles. The Bertz CT molecular complexity index is 889. The molecule has 2 amide bonds. The molecule has 1 unspecified atom stereocenters. The number of benzene rings is 1. The van der Waals surface area contributed by atoms with Crippen molar-refractivity contribution in [3.63, 3.8) is 0 Å². The van der Waals surface area contributed by atoms with Crippen LogP contribution in [0.15, 0.2) is 35.1 Å². The van der Waals surface area contributed by atoms with Crippen LogP contribution in [0.1, 0.15) is 29.1 Å². The summed E-state index contributed by atoms with van der Waals surface area (Å²) in [5.74, 6) is -0.559. The summed E-state index contributed by atoms with van der Waals surface area (Å²) in [6.45, 7) is 2.61. The fraction of sp³-hybridized carbons (Fsp3) is 0.421. The highest BCUT2D eigenvalue weighted by molar-refractivity contribution is 6.07. The number of ether oxygens (including phenoxy) is 1. The number of anilines is 1. The van der Waals surface area contributed by atoms with Crippen LogP contribution in [-0.2, 0) is 9.53 Å². The van der Waals surface area contributed by atoms with Crippen LogP contribution >= 0.6 is 0 Å². The largest absolute Gasteiger partial charge is 0.438 e. The van der Waals surface area contributed by atoms with Gasteiger partial charge in [0.1, 0.15) is 5.82 Å². The van der Waals surface area contributed by atoms with E-state index in [1.54, 1.807) is 28.9 Å². The van der Waals surface area contributed by atoms with Crippen molar-refractivity contribution in [1.82, 2.24) is 9.88 Å². The maximum absolute atomic E-state index is 13.7. The predicted octanol–water partition coefficient (Wildman–Crippen LogP) is 2.16. The molecule has 1 aromatic carbocycles. The molecule has 4 rings (SSSR count). The molecule has 0 bridgehead atoms. The number of β-lactam (4-membered cyclic amide) rings is 1. The molecule has 0 saturated carbocycles. The highest BCUT2D eigenvalue weighted by atomic mass is 19.1. The zero-order chi connectivity index (χ0) is 19.2. The van der Waals surface area contributed by atoms with Crippen LogP contribution < -0.4 is 4.90 Å². The van der Waals surface area contributed by atoms with Gasteiger partial charge in [0.2, 0.25) is 5.76 Å². The van der Waals surface area contributed by atoms with Gasteiger partial charge in [-0.25, -0.2) is 9.37 Å². The van der Waals surface area contributed by atoms with Gasteiger partial charge in [-0.1, -0.05) is 6.07 Å². The summed E-state index contributed by atoms with van der Waals surface area (Å²) >= 11 is 0. The summed E-state index contributed by atoms with van der Waals surface area (Å²) in [4.78, 5) is 32.5. The number of likely N-dealkylation sites (tertiary alicyclic amines) is 1. The van der Waals surface area contributed by atoms with Gasteiger partial charge in [0.25, 0.3) is 11.8 Å². The maximum atomic E-state index is 13.7. The van der Waals surface area contributed by atoms with Gasteiger partial charge >= 0.3 is 0 Å². The molecule has 0 radical (unpaired) electrons. The van der Waals surface area contributed by atoms with Crippen LogP contribution in [0, 0.1) is 12.7 Å². The average Bonchev–Trinajstić information content (AvgIpc) is 3.08. The fourth-order valence-corrected chi connectivity index (χ4v) is 4.17. The monoisotopic (exact) mass is 373 g/mol. The minimum Gasteiger partial charge on any atom is -0.438 e. The summed E-state index contributed by atoms with van der Waals surface area (Å²) in [7, 11) is 1.50. The van der Waals surface area contributed by atoms with Crippen molar-refractivity contribution < 1.29 is 23.1 Å².